The number of amides is 1. The van der Waals surface area contributed by atoms with Crippen molar-refractivity contribution >= 4 is 43.2 Å². The zero-order chi connectivity index (χ0) is 15.5. The molecule has 1 aromatic heterocycles. The van der Waals surface area contributed by atoms with Crippen molar-refractivity contribution in [3.63, 3.8) is 0 Å². The molecule has 6 nitrogen and oxygen atoms in total. The van der Waals surface area contributed by atoms with Crippen LogP contribution in [-0.4, -0.2) is 19.3 Å². The quantitative estimate of drug-likeness (QED) is 0.762. The van der Waals surface area contributed by atoms with Crippen molar-refractivity contribution in [3.05, 3.63) is 44.8 Å². The molecule has 2 N–H and O–H groups in total. The number of aromatic nitrogens is 1. The Morgan fingerprint density at radius 1 is 1.43 bits per heavy atom. The van der Waals surface area contributed by atoms with E-state index in [2.05, 4.69) is 31.2 Å². The second kappa shape index (κ2) is 6.65. The molecule has 0 saturated carbocycles. The van der Waals surface area contributed by atoms with Gasteiger partial charge in [0.05, 0.1) is 22.0 Å². The summed E-state index contributed by atoms with van der Waals surface area (Å²) in [6.45, 7) is 1.84. The van der Waals surface area contributed by atoms with Gasteiger partial charge in [-0.25, -0.2) is 13.4 Å². The normalized spacial score (nSPS) is 11.3. The Morgan fingerprint density at radius 2 is 2.19 bits per heavy atom. The summed E-state index contributed by atoms with van der Waals surface area (Å²) in [6, 6.07) is 6.18. The number of sulfonamides is 1. The van der Waals surface area contributed by atoms with E-state index in [9.17, 15) is 13.2 Å². The van der Waals surface area contributed by atoms with Crippen LogP contribution < -0.4 is 10.3 Å². The van der Waals surface area contributed by atoms with Crippen LogP contribution in [0, 0.1) is 6.92 Å². The number of hydrazine groups is 1. The minimum Gasteiger partial charge on any atom is -0.277 e. The summed E-state index contributed by atoms with van der Waals surface area (Å²) in [5.41, 5.74) is 2.78. The van der Waals surface area contributed by atoms with Crippen LogP contribution in [0.1, 0.15) is 10.7 Å². The Labute approximate surface area is 134 Å². The molecule has 2 rings (SSSR count). The van der Waals surface area contributed by atoms with Gasteiger partial charge in [0, 0.05) is 9.85 Å². The van der Waals surface area contributed by atoms with Crippen LogP contribution in [0.2, 0.25) is 0 Å². The molecule has 112 valence electrons. The highest BCUT2D eigenvalue weighted by atomic mass is 79.9. The molecule has 0 radical (unpaired) electrons. The van der Waals surface area contributed by atoms with Gasteiger partial charge in [0.1, 0.15) is 0 Å². The van der Waals surface area contributed by atoms with Crippen LogP contribution in [-0.2, 0) is 21.2 Å². The van der Waals surface area contributed by atoms with E-state index in [1.54, 1.807) is 17.5 Å². The molecule has 0 atom stereocenters. The minimum atomic E-state index is -3.79. The van der Waals surface area contributed by atoms with Gasteiger partial charge in [-0.15, -0.1) is 16.2 Å². The standard InChI is InChI=1S/C12H12BrN3O3S2/c1-8-14-10(7-20-8)6-12(17)15-16-21(18,19)11-4-2-3-9(13)5-11/h2-5,7,16H,6H2,1H3,(H,15,17). The van der Waals surface area contributed by atoms with E-state index in [1.165, 1.54) is 23.5 Å². The van der Waals surface area contributed by atoms with E-state index in [4.69, 9.17) is 0 Å². The number of carbonyl (C=O) groups is 1. The molecule has 1 heterocycles. The van der Waals surface area contributed by atoms with Crippen molar-refractivity contribution in [2.75, 3.05) is 0 Å². The Bertz CT molecular complexity index is 759. The first-order chi connectivity index (χ1) is 9.87. The Hall–Kier alpha value is -1.29. The molecule has 21 heavy (non-hydrogen) atoms. The second-order valence-corrected chi connectivity index (χ2v) is 7.81. The summed E-state index contributed by atoms with van der Waals surface area (Å²) in [5, 5.41) is 2.62. The molecule has 0 saturated heterocycles. The molecule has 9 heteroatoms. The molecular weight excluding hydrogens is 378 g/mol. The van der Waals surface area contributed by atoms with Crippen LogP contribution in [0.5, 0.6) is 0 Å². The van der Waals surface area contributed by atoms with Crippen LogP contribution in [0.3, 0.4) is 0 Å². The maximum absolute atomic E-state index is 12.0. The Balaban J connectivity index is 1.97. The molecule has 0 spiro atoms. The monoisotopic (exact) mass is 389 g/mol. The summed E-state index contributed by atoms with van der Waals surface area (Å²) in [5.74, 6) is -0.473. The maximum Gasteiger partial charge on any atom is 0.257 e. The molecular formula is C12H12BrN3O3S2. The number of nitrogens with zero attached hydrogens (tertiary/aromatic N) is 1. The SMILES string of the molecule is Cc1nc(CC(=O)NNS(=O)(=O)c2cccc(Br)c2)cs1. The molecule has 0 fully saturated rings. The minimum absolute atomic E-state index is 0.0192. The van der Waals surface area contributed by atoms with E-state index in [0.29, 0.717) is 10.2 Å². The number of aryl methyl sites for hydroxylation is 1. The smallest absolute Gasteiger partial charge is 0.257 e. The van der Waals surface area contributed by atoms with Gasteiger partial charge < -0.3 is 0 Å². The van der Waals surface area contributed by atoms with Crippen molar-refractivity contribution in [2.45, 2.75) is 18.2 Å². The number of hydrogen-bond acceptors (Lipinski definition) is 5. The lowest BCUT2D eigenvalue weighted by atomic mass is 10.3. The Kier molecular flexibility index (Phi) is 5.09. The van der Waals surface area contributed by atoms with Gasteiger partial charge in [0.2, 0.25) is 5.91 Å². The maximum atomic E-state index is 12.0. The van der Waals surface area contributed by atoms with Gasteiger partial charge in [-0.2, -0.15) is 0 Å². The van der Waals surface area contributed by atoms with E-state index < -0.39 is 15.9 Å². The lowest BCUT2D eigenvalue weighted by molar-refractivity contribution is -0.120. The summed E-state index contributed by atoms with van der Waals surface area (Å²) < 4.78 is 24.6. The number of rotatable bonds is 5. The molecule has 1 aromatic carbocycles. The van der Waals surface area contributed by atoms with E-state index in [-0.39, 0.29) is 11.3 Å². The molecule has 0 unspecified atom stereocenters. The van der Waals surface area contributed by atoms with Crippen molar-refractivity contribution < 1.29 is 13.2 Å². The average Bonchev–Trinajstić information content (AvgIpc) is 2.82. The predicted molar refractivity (Wildman–Crippen MR) is 83.2 cm³/mol. The fraction of sp³-hybridized carbons (Fsp3) is 0.167. The van der Waals surface area contributed by atoms with Crippen molar-refractivity contribution in [1.29, 1.82) is 0 Å². The first kappa shape index (κ1) is 16.1. The highest BCUT2D eigenvalue weighted by Crippen LogP contribution is 2.15. The third-order valence-corrected chi connectivity index (χ3v) is 5.00. The van der Waals surface area contributed by atoms with Crippen molar-refractivity contribution in [2.24, 2.45) is 0 Å². The van der Waals surface area contributed by atoms with Gasteiger partial charge in [0.25, 0.3) is 10.0 Å². The van der Waals surface area contributed by atoms with Crippen molar-refractivity contribution in [1.82, 2.24) is 15.2 Å². The Morgan fingerprint density at radius 3 is 2.81 bits per heavy atom. The first-order valence-corrected chi connectivity index (χ1v) is 8.99. The van der Waals surface area contributed by atoms with E-state index in [0.717, 1.165) is 5.01 Å². The zero-order valence-electron chi connectivity index (χ0n) is 11.0. The van der Waals surface area contributed by atoms with Gasteiger partial charge in [-0.1, -0.05) is 22.0 Å². The topological polar surface area (TPSA) is 88.2 Å². The summed E-state index contributed by atoms with van der Waals surface area (Å²) in [6.07, 6.45) is 0.0192. The number of hydrogen-bond donors (Lipinski definition) is 2. The van der Waals surface area contributed by atoms with Crippen LogP contribution in [0.15, 0.2) is 39.0 Å². The number of carbonyl (C=O) groups excluding carboxylic acids is 1. The van der Waals surface area contributed by atoms with Gasteiger partial charge >= 0.3 is 0 Å². The number of benzene rings is 1. The highest BCUT2D eigenvalue weighted by molar-refractivity contribution is 9.10. The largest absolute Gasteiger partial charge is 0.277 e. The fourth-order valence-corrected chi connectivity index (χ4v) is 3.58. The van der Waals surface area contributed by atoms with Crippen molar-refractivity contribution in [3.8, 4) is 0 Å². The third kappa shape index (κ3) is 4.60. The first-order valence-electron chi connectivity index (χ1n) is 5.84. The third-order valence-electron chi connectivity index (χ3n) is 2.44. The number of nitrogens with one attached hydrogen (secondary N) is 2. The van der Waals surface area contributed by atoms with Crippen LogP contribution in [0.4, 0.5) is 0 Å². The predicted octanol–water partition coefficient (Wildman–Crippen LogP) is 1.77. The number of halogens is 1. The summed E-state index contributed by atoms with van der Waals surface area (Å²) >= 11 is 4.63. The highest BCUT2D eigenvalue weighted by Gasteiger charge is 2.15. The average molecular weight is 390 g/mol. The van der Waals surface area contributed by atoms with Gasteiger partial charge in [-0.3, -0.25) is 10.2 Å². The molecule has 0 bridgehead atoms. The van der Waals surface area contributed by atoms with Crippen LogP contribution in [0.25, 0.3) is 0 Å². The summed E-state index contributed by atoms with van der Waals surface area (Å²) in [4.78, 5) is 17.9. The molecule has 0 aliphatic rings. The molecule has 0 aliphatic heterocycles. The lowest BCUT2D eigenvalue weighted by Crippen LogP contribution is -2.42. The molecule has 1 amide bonds. The second-order valence-electron chi connectivity index (χ2n) is 4.15. The fourth-order valence-electron chi connectivity index (χ4n) is 1.52. The van der Waals surface area contributed by atoms with E-state index in [1.807, 2.05) is 6.92 Å². The van der Waals surface area contributed by atoms with Crippen LogP contribution >= 0.6 is 27.3 Å². The van der Waals surface area contributed by atoms with Gasteiger partial charge in [0.15, 0.2) is 0 Å². The van der Waals surface area contributed by atoms with E-state index >= 15 is 0 Å². The van der Waals surface area contributed by atoms with Gasteiger partial charge in [-0.05, 0) is 25.1 Å². The number of thiazole rings is 1. The molecule has 0 aliphatic carbocycles. The zero-order valence-corrected chi connectivity index (χ0v) is 14.2. The molecule has 2 aromatic rings. The summed E-state index contributed by atoms with van der Waals surface area (Å²) in [7, 11) is -3.79. The lowest BCUT2D eigenvalue weighted by Gasteiger charge is -2.08.